The van der Waals surface area contributed by atoms with Gasteiger partial charge in [-0.2, -0.15) is 38.2 Å². The summed E-state index contributed by atoms with van der Waals surface area (Å²) < 4.78 is 101. The molecule has 9 aromatic rings. The molecule has 5 N–H and O–H groups in total. The molecule has 5 fully saturated rings. The number of fused-ring (bicyclic) bond motifs is 3. The standard InChI is InChI=1S/C28H36N4O3S2.C25H30N2O4S2.C23H26N2O4S2.C5H12N2.CH2Cl2.CH4O.H2N3O.Na/c1-21-8-10-23(11-9-21)20-32(28-22(2)25-6-4-5-7-26(25)36-28)37(34,35)31-14-12-24(13-15-31)27(33)30-18-16-29(3)17-19-30;1-4-31-25(28)21-13-15-26(16-14-21)33(29,30)27(17-20-11-9-18(2)10-12-20)24-19(3)22-7-5-6-8-23(22)32-24;1-16-7-9-18(10-8-16)15-25(22-17(2)20-5-3-4-6-21(20)30-22)31(28,29)24-13-11-19(12-14-24)23(26)27;1-7-4-2-6-3-5-7;2-1-3;1-2;1-2-3-4;/h4-11,24H,12-20H2,1-3H3;5-12,21H,4,13-17H2,1-3H3;3-10,19H,11-15H2,1-2H3,(H,26,27);6H,2-5H2,1H3;1H2;2H,1H3;(H2-,1,2,3,4);/q;;;;;;-1;+1. The molecular weight excluding hydrogens is 1670 g/mol. The summed E-state index contributed by atoms with van der Waals surface area (Å²) >= 11 is 14.0. The van der Waals surface area contributed by atoms with Gasteiger partial charge in [-0.05, 0) is 169 Å². The first-order chi connectivity index (χ1) is 56.0. The summed E-state index contributed by atoms with van der Waals surface area (Å²) in [6.45, 7) is 24.7. The van der Waals surface area contributed by atoms with Crippen molar-refractivity contribution < 1.29 is 89.4 Å². The average Bonchev–Trinajstić information content (AvgIpc) is 1.56. The Morgan fingerprint density at radius 2 is 0.780 bits per heavy atom. The second-order valence-electron chi connectivity index (χ2n) is 29.2. The number of hydrogen-bond acceptors (Lipinski definition) is 20. The number of alkyl halides is 2. The number of aryl methyl sites for hydroxylation is 6. The van der Waals surface area contributed by atoms with E-state index in [1.54, 1.807) is 19.8 Å². The summed E-state index contributed by atoms with van der Waals surface area (Å²) in [5.41, 5.74) is 16.8. The number of carboxylic acid groups (broad SMARTS) is 1. The monoisotopic (exact) mass is 1780 g/mol. The van der Waals surface area contributed by atoms with E-state index in [1.165, 1.54) is 60.0 Å². The summed E-state index contributed by atoms with van der Waals surface area (Å²) in [6, 6.07) is 47.9. The molecule has 26 nitrogen and oxygen atoms in total. The maximum atomic E-state index is 14.2. The number of ether oxygens (including phenoxy) is 1. The molecule has 14 rings (SSSR count). The Bertz CT molecular complexity index is 5020. The van der Waals surface area contributed by atoms with Gasteiger partial charge in [0.15, 0.2) is 0 Å². The normalized spacial score (nSPS) is 16.2. The zero-order valence-corrected chi connectivity index (χ0v) is 77.7. The molecule has 0 aliphatic carbocycles. The number of halogens is 2. The Labute approximate surface area is 740 Å². The number of nitrogens with one attached hydrogen (secondary N) is 2. The van der Waals surface area contributed by atoms with Gasteiger partial charge in [0.05, 0.1) is 43.4 Å². The number of esters is 1. The topological polar surface area (TPSA) is 315 Å². The number of carboxylic acids is 1. The minimum Gasteiger partial charge on any atom is -0.481 e. The zero-order chi connectivity index (χ0) is 85.2. The number of hydrogen-bond donors (Lipinski definition) is 5. The van der Waals surface area contributed by atoms with Crippen molar-refractivity contribution >= 4 is 151 Å². The largest absolute Gasteiger partial charge is 1.00 e. The molecule has 6 aromatic carbocycles. The van der Waals surface area contributed by atoms with E-state index in [0.29, 0.717) is 76.3 Å². The molecule has 638 valence electrons. The molecule has 3 aromatic heterocycles. The van der Waals surface area contributed by atoms with Gasteiger partial charge < -0.3 is 45.7 Å². The van der Waals surface area contributed by atoms with E-state index in [1.807, 2.05) is 192 Å². The van der Waals surface area contributed by atoms with E-state index in [9.17, 15) is 44.7 Å². The van der Waals surface area contributed by atoms with Gasteiger partial charge in [0, 0.05) is 119 Å². The number of likely N-dealkylation sites (N-methyl/N-ethyl adjacent to an activating group) is 2. The molecule has 0 bridgehead atoms. The van der Waals surface area contributed by atoms with Crippen LogP contribution in [-0.4, -0.2) is 211 Å². The molecule has 5 saturated heterocycles. The predicted molar refractivity (Wildman–Crippen MR) is 475 cm³/mol. The molecule has 1 amide bonds. The van der Waals surface area contributed by atoms with Crippen molar-refractivity contribution in [3.63, 3.8) is 0 Å². The van der Waals surface area contributed by atoms with Crippen LogP contribution in [0.2, 0.25) is 0 Å². The van der Waals surface area contributed by atoms with Gasteiger partial charge in [0.25, 0.3) is 0 Å². The first-order valence-electron chi connectivity index (χ1n) is 39.0. The maximum absolute atomic E-state index is 14.2. The van der Waals surface area contributed by atoms with Crippen molar-refractivity contribution in [3.8, 4) is 0 Å². The smallest absolute Gasteiger partial charge is 0.481 e. The second-order valence-corrected chi connectivity index (χ2v) is 38.6. The molecule has 8 heterocycles. The number of benzene rings is 6. The van der Waals surface area contributed by atoms with Crippen molar-refractivity contribution in [2.24, 2.45) is 23.0 Å². The van der Waals surface area contributed by atoms with Crippen LogP contribution in [0.1, 0.15) is 95.5 Å². The Morgan fingerprint density at radius 3 is 1.05 bits per heavy atom. The third-order valence-electron chi connectivity index (χ3n) is 21.2. The Morgan fingerprint density at radius 1 is 0.492 bits per heavy atom. The number of carbonyl (C=O) groups excluding carboxylic acids is 2. The molecule has 0 radical (unpaired) electrons. The van der Waals surface area contributed by atoms with Crippen LogP contribution in [0.5, 0.6) is 0 Å². The first-order valence-corrected chi connectivity index (χ1v) is 46.7. The van der Waals surface area contributed by atoms with Crippen molar-refractivity contribution in [3.05, 3.63) is 201 Å². The summed E-state index contributed by atoms with van der Waals surface area (Å²) in [7, 11) is -6.18. The first kappa shape index (κ1) is 98.6. The molecule has 0 unspecified atom stereocenters. The number of aliphatic carboxylic acids is 1. The van der Waals surface area contributed by atoms with E-state index in [0.717, 1.165) is 137 Å². The van der Waals surface area contributed by atoms with Crippen LogP contribution in [0.25, 0.3) is 35.8 Å². The summed E-state index contributed by atoms with van der Waals surface area (Å²) in [5.74, 6) is -1.73. The zero-order valence-electron chi connectivity index (χ0n) is 69.3. The fourth-order valence-electron chi connectivity index (χ4n) is 14.3. The van der Waals surface area contributed by atoms with Gasteiger partial charge in [0.1, 0.15) is 15.0 Å². The number of piperidine rings is 3. The third-order valence-corrected chi connectivity index (χ3v) is 31.1. The van der Waals surface area contributed by atoms with Crippen LogP contribution in [0.4, 0.5) is 15.0 Å². The van der Waals surface area contributed by atoms with Crippen molar-refractivity contribution in [2.75, 3.05) is 138 Å². The van der Waals surface area contributed by atoms with Gasteiger partial charge in [-0.25, -0.2) is 12.9 Å². The van der Waals surface area contributed by atoms with Gasteiger partial charge in [0.2, 0.25) is 5.91 Å². The van der Waals surface area contributed by atoms with Gasteiger partial charge in [-0.15, -0.1) is 57.2 Å². The molecular formula is C83H112Cl2N13NaO13S6. The number of aliphatic hydroxyl groups excluding tert-OH is 1. The summed E-state index contributed by atoms with van der Waals surface area (Å²) in [6.07, 6.45) is 2.74. The van der Waals surface area contributed by atoms with E-state index in [-0.39, 0.29) is 91.3 Å². The van der Waals surface area contributed by atoms with E-state index in [2.05, 4.69) is 40.5 Å². The van der Waals surface area contributed by atoms with Crippen molar-refractivity contribution in [2.45, 2.75) is 107 Å². The molecule has 118 heavy (non-hydrogen) atoms. The number of anilines is 3. The molecule has 35 heteroatoms. The SMILES string of the molecule is CCOC(=O)C1CCN(S(=O)(=O)N(Cc2ccc(C)cc2)c2sc3ccccc3c2C)CC1.CN1CCNCC1.CO.Cc1ccc(CN(c2sc3ccccc3c2C)S(=O)(=O)N2CCC(C(=O)N3CCN(C)CC3)CC2)cc1.Cc1ccc(CN(c2sc3ccccc3c2C)S(=O)(=O)N2CCC(C(=O)O)CC2)cc1.ClCCl.N=N[N-]O.[Na+]. The average molecular weight is 1790 g/mol. The van der Waals surface area contributed by atoms with Crippen molar-refractivity contribution in [1.29, 1.82) is 5.53 Å². The molecule has 0 atom stereocenters. The van der Waals surface area contributed by atoms with E-state index in [4.69, 9.17) is 43.8 Å². The van der Waals surface area contributed by atoms with E-state index < -0.39 is 42.5 Å². The number of thiophene rings is 3. The Hall–Kier alpha value is -6.48. The van der Waals surface area contributed by atoms with Crippen molar-refractivity contribution in [1.82, 2.24) is 32.9 Å². The quantitative estimate of drug-likeness (QED) is 0.0156. The molecule has 0 spiro atoms. The number of piperazine rings is 2. The van der Waals surface area contributed by atoms with Gasteiger partial charge in [-0.1, -0.05) is 144 Å². The number of aliphatic hydroxyl groups is 1. The fourth-order valence-corrected chi connectivity index (χ4v) is 23.6. The number of nitrogens with zero attached hydrogens (tertiary/aromatic N) is 11. The van der Waals surface area contributed by atoms with Crippen LogP contribution >= 0.6 is 57.2 Å². The predicted octanol–water partition coefficient (Wildman–Crippen LogP) is 12.1. The second kappa shape index (κ2) is 47.8. The Kier molecular flexibility index (Phi) is 40.0. The van der Waals surface area contributed by atoms with Crippen LogP contribution in [0.15, 0.2) is 151 Å². The number of carbonyl (C=O) groups is 3. The minimum absolute atomic E-state index is 0. The molecule has 0 saturated carbocycles. The van der Waals surface area contributed by atoms with Crippen LogP contribution in [0, 0.1) is 64.8 Å². The number of rotatable bonds is 20. The minimum atomic E-state index is -3.82. The fraction of sp³-hybridized carbons (Fsp3) is 0.458. The van der Waals surface area contributed by atoms with Gasteiger partial charge in [-0.3, -0.25) is 25.2 Å². The van der Waals surface area contributed by atoms with Crippen LogP contribution in [0.3, 0.4) is 0 Å². The van der Waals surface area contributed by atoms with E-state index >= 15 is 0 Å². The van der Waals surface area contributed by atoms with Crippen LogP contribution < -0.4 is 47.8 Å². The number of amides is 1. The van der Waals surface area contributed by atoms with Crippen LogP contribution in [-0.2, 0) is 69.4 Å². The maximum Gasteiger partial charge on any atom is 1.00 e. The third kappa shape index (κ3) is 26.5. The summed E-state index contributed by atoms with van der Waals surface area (Å²) in [5, 5.41) is 34.5. The Balaban J connectivity index is 0.000000223. The molecule has 5 aliphatic rings. The van der Waals surface area contributed by atoms with Gasteiger partial charge >= 0.3 is 72.1 Å². The summed E-state index contributed by atoms with van der Waals surface area (Å²) in [4.78, 5) is 43.1. The molecule has 5 aliphatic heterocycles.